The van der Waals surface area contributed by atoms with Crippen molar-refractivity contribution in [1.29, 1.82) is 0 Å². The zero-order valence-electron chi connectivity index (χ0n) is 23.3. The molecule has 7 heteroatoms. The van der Waals surface area contributed by atoms with Crippen molar-refractivity contribution in [2.24, 2.45) is 5.10 Å². The monoisotopic (exact) mass is 548 g/mol. The van der Waals surface area contributed by atoms with Gasteiger partial charge in [0.1, 0.15) is 5.75 Å². The first-order chi connectivity index (χ1) is 20.1. The highest BCUT2D eigenvalue weighted by molar-refractivity contribution is 6.04. The molecule has 0 bridgehead atoms. The Morgan fingerprint density at radius 2 is 1.51 bits per heavy atom. The molecule has 1 N–H and O–H groups in total. The van der Waals surface area contributed by atoms with Gasteiger partial charge < -0.3 is 15.0 Å². The molecule has 1 saturated carbocycles. The molecule has 3 aromatic rings. The number of rotatable bonds is 6. The second-order valence-corrected chi connectivity index (χ2v) is 11.6. The van der Waals surface area contributed by atoms with Crippen molar-refractivity contribution >= 4 is 23.1 Å². The SMILES string of the molecule is O=C(NC1CCCC1)c1ccc(C2=NN3C(C(=O)c4ccc(N5CCCCC5)cc4)Oc4ccccc4C3C2)cc1. The maximum atomic E-state index is 13.9. The van der Waals surface area contributed by atoms with E-state index in [4.69, 9.17) is 9.84 Å². The summed E-state index contributed by atoms with van der Waals surface area (Å²) in [7, 11) is 0. The highest BCUT2D eigenvalue weighted by atomic mass is 16.5. The quantitative estimate of drug-likeness (QED) is 0.377. The third-order valence-corrected chi connectivity index (χ3v) is 8.97. The van der Waals surface area contributed by atoms with Crippen LogP contribution in [0.15, 0.2) is 77.9 Å². The maximum absolute atomic E-state index is 13.9. The van der Waals surface area contributed by atoms with Gasteiger partial charge in [-0.15, -0.1) is 0 Å². The molecule has 3 aromatic carbocycles. The molecule has 210 valence electrons. The van der Waals surface area contributed by atoms with Crippen molar-refractivity contribution < 1.29 is 14.3 Å². The minimum Gasteiger partial charge on any atom is -0.461 e. The van der Waals surface area contributed by atoms with Crippen LogP contribution in [0, 0.1) is 0 Å². The zero-order chi connectivity index (χ0) is 27.8. The van der Waals surface area contributed by atoms with Crippen LogP contribution in [0.25, 0.3) is 0 Å². The largest absolute Gasteiger partial charge is 0.461 e. The van der Waals surface area contributed by atoms with E-state index in [1.54, 1.807) is 0 Å². The summed E-state index contributed by atoms with van der Waals surface area (Å²) in [5.41, 5.74) is 5.31. The smallest absolute Gasteiger partial charge is 0.251 e. The fourth-order valence-electron chi connectivity index (χ4n) is 6.67. The minimum atomic E-state index is -0.843. The molecule has 1 amide bonds. The van der Waals surface area contributed by atoms with Crippen molar-refractivity contribution in [2.75, 3.05) is 18.0 Å². The standard InChI is InChI=1S/C34H36N4O3/c39-32(24-16-18-27(19-17-24)37-20-6-1-7-21-37)34-38-30(28-10-4-5-11-31(28)41-34)22-29(36-38)23-12-14-25(15-13-23)33(40)35-26-8-2-3-9-26/h4-5,10-19,26,30,34H,1-3,6-9,20-22H2,(H,35,40). The van der Waals surface area contributed by atoms with Gasteiger partial charge in [0.15, 0.2) is 0 Å². The molecular weight excluding hydrogens is 512 g/mol. The van der Waals surface area contributed by atoms with Gasteiger partial charge in [-0.2, -0.15) is 5.10 Å². The summed E-state index contributed by atoms with van der Waals surface area (Å²) in [5, 5.41) is 9.94. The number of piperidine rings is 1. The summed E-state index contributed by atoms with van der Waals surface area (Å²) in [6, 6.07) is 23.7. The summed E-state index contributed by atoms with van der Waals surface area (Å²) in [5.74, 6) is 0.611. The average Bonchev–Trinajstić information content (AvgIpc) is 3.72. The fourth-order valence-corrected chi connectivity index (χ4v) is 6.67. The van der Waals surface area contributed by atoms with Gasteiger partial charge in [-0.3, -0.25) is 9.59 Å². The summed E-state index contributed by atoms with van der Waals surface area (Å²) >= 11 is 0. The number of hydrazone groups is 1. The molecule has 1 aliphatic carbocycles. The van der Waals surface area contributed by atoms with Gasteiger partial charge in [-0.1, -0.05) is 43.2 Å². The molecule has 0 spiro atoms. The lowest BCUT2D eigenvalue weighted by atomic mass is 9.95. The van der Waals surface area contributed by atoms with Crippen molar-refractivity contribution in [2.45, 2.75) is 69.7 Å². The van der Waals surface area contributed by atoms with Crippen LogP contribution in [0.5, 0.6) is 5.75 Å². The Labute approximate surface area is 241 Å². The summed E-state index contributed by atoms with van der Waals surface area (Å²) in [6.07, 6.45) is 8.01. The highest BCUT2D eigenvalue weighted by Crippen LogP contribution is 2.43. The van der Waals surface area contributed by atoms with E-state index in [0.717, 1.165) is 54.2 Å². The number of Topliss-reactive ketones (excluding diaryl/α,β-unsaturated/α-hetero) is 1. The Balaban J connectivity index is 1.12. The van der Waals surface area contributed by atoms with Crippen molar-refractivity contribution in [3.8, 4) is 5.75 Å². The molecule has 0 radical (unpaired) electrons. The van der Waals surface area contributed by atoms with Gasteiger partial charge in [0.25, 0.3) is 12.1 Å². The number of ether oxygens (including phenoxy) is 1. The van der Waals surface area contributed by atoms with E-state index in [9.17, 15) is 9.59 Å². The molecule has 3 heterocycles. The number of anilines is 1. The number of para-hydroxylation sites is 1. The Bertz CT molecular complexity index is 1450. The predicted molar refractivity (Wildman–Crippen MR) is 160 cm³/mol. The van der Waals surface area contributed by atoms with Gasteiger partial charge >= 0.3 is 0 Å². The highest BCUT2D eigenvalue weighted by Gasteiger charge is 2.43. The number of ketones is 1. The van der Waals surface area contributed by atoms with Gasteiger partial charge in [0, 0.05) is 47.9 Å². The molecule has 4 aliphatic rings. The van der Waals surface area contributed by atoms with Crippen LogP contribution < -0.4 is 15.0 Å². The normalized spacial score (nSPS) is 22.0. The number of hydrogen-bond donors (Lipinski definition) is 1. The minimum absolute atomic E-state index is 0.0199. The van der Waals surface area contributed by atoms with Crippen LogP contribution in [0.4, 0.5) is 5.69 Å². The lowest BCUT2D eigenvalue weighted by Gasteiger charge is -2.37. The molecule has 41 heavy (non-hydrogen) atoms. The van der Waals surface area contributed by atoms with Crippen LogP contribution >= 0.6 is 0 Å². The third-order valence-electron chi connectivity index (χ3n) is 8.97. The van der Waals surface area contributed by atoms with Gasteiger partial charge in [0.05, 0.1) is 11.8 Å². The topological polar surface area (TPSA) is 74.2 Å². The van der Waals surface area contributed by atoms with E-state index < -0.39 is 6.23 Å². The fraction of sp³-hybridized carbons (Fsp3) is 0.382. The van der Waals surface area contributed by atoms with Crippen LogP contribution in [0.1, 0.15) is 89.3 Å². The molecule has 7 nitrogen and oxygen atoms in total. The van der Waals surface area contributed by atoms with Gasteiger partial charge in [-0.05, 0) is 80.1 Å². The summed E-state index contributed by atoms with van der Waals surface area (Å²) < 4.78 is 6.31. The Morgan fingerprint density at radius 1 is 0.805 bits per heavy atom. The average molecular weight is 549 g/mol. The number of nitrogens with zero attached hydrogens (tertiary/aromatic N) is 3. The second-order valence-electron chi connectivity index (χ2n) is 11.6. The molecule has 2 fully saturated rings. The van der Waals surface area contributed by atoms with Gasteiger partial charge in [0.2, 0.25) is 5.78 Å². The van der Waals surface area contributed by atoms with Crippen molar-refractivity contribution in [3.05, 3.63) is 95.1 Å². The van der Waals surface area contributed by atoms with Crippen LogP contribution in [-0.4, -0.2) is 47.8 Å². The summed E-state index contributed by atoms with van der Waals surface area (Å²) in [6.45, 7) is 2.13. The first kappa shape index (κ1) is 25.8. The van der Waals surface area contributed by atoms with E-state index in [-0.39, 0.29) is 23.8 Å². The van der Waals surface area contributed by atoms with E-state index in [0.29, 0.717) is 17.5 Å². The first-order valence-electron chi connectivity index (χ1n) is 15.1. The number of fused-ring (bicyclic) bond motifs is 3. The molecule has 1 saturated heterocycles. The van der Waals surface area contributed by atoms with E-state index in [1.165, 1.54) is 32.1 Å². The number of hydrogen-bond acceptors (Lipinski definition) is 6. The number of benzene rings is 3. The number of carbonyl (C=O) groups is 2. The molecule has 2 unspecified atom stereocenters. The van der Waals surface area contributed by atoms with Crippen molar-refractivity contribution in [3.63, 3.8) is 0 Å². The van der Waals surface area contributed by atoms with E-state index in [2.05, 4.69) is 28.4 Å². The maximum Gasteiger partial charge on any atom is 0.251 e. The predicted octanol–water partition coefficient (Wildman–Crippen LogP) is 6.10. The molecule has 0 aromatic heterocycles. The lowest BCUT2D eigenvalue weighted by molar-refractivity contribution is -0.00455. The number of amides is 1. The number of nitrogens with one attached hydrogen (secondary N) is 1. The number of carbonyl (C=O) groups excluding carboxylic acids is 2. The molecule has 2 atom stereocenters. The molecule has 3 aliphatic heterocycles. The Hall–Kier alpha value is -4.13. The molecular formula is C34H36N4O3. The van der Waals surface area contributed by atoms with Crippen LogP contribution in [0.2, 0.25) is 0 Å². The van der Waals surface area contributed by atoms with Crippen molar-refractivity contribution in [1.82, 2.24) is 10.3 Å². The second kappa shape index (κ2) is 11.0. The van der Waals surface area contributed by atoms with E-state index in [1.807, 2.05) is 59.6 Å². The van der Waals surface area contributed by atoms with Crippen LogP contribution in [-0.2, 0) is 0 Å². The summed E-state index contributed by atoms with van der Waals surface area (Å²) in [4.78, 5) is 29.0. The molecule has 7 rings (SSSR count). The Kier molecular flexibility index (Phi) is 6.95. The lowest BCUT2D eigenvalue weighted by Crippen LogP contribution is -2.45. The van der Waals surface area contributed by atoms with Gasteiger partial charge in [-0.25, -0.2) is 5.01 Å². The third kappa shape index (κ3) is 5.09. The van der Waals surface area contributed by atoms with E-state index >= 15 is 0 Å². The first-order valence-corrected chi connectivity index (χ1v) is 15.1. The zero-order valence-corrected chi connectivity index (χ0v) is 23.3. The van der Waals surface area contributed by atoms with Crippen LogP contribution in [0.3, 0.4) is 0 Å². The Morgan fingerprint density at radius 3 is 2.27 bits per heavy atom.